The summed E-state index contributed by atoms with van der Waals surface area (Å²) in [5, 5.41) is 1.98. The van der Waals surface area contributed by atoms with Crippen LogP contribution in [0.2, 0.25) is 0 Å². The van der Waals surface area contributed by atoms with E-state index in [-0.39, 0.29) is 17.6 Å². The van der Waals surface area contributed by atoms with Crippen molar-refractivity contribution in [1.82, 2.24) is 14.9 Å². The van der Waals surface area contributed by atoms with Crippen LogP contribution in [0.1, 0.15) is 40.9 Å². The van der Waals surface area contributed by atoms with Crippen molar-refractivity contribution in [1.29, 1.82) is 0 Å². The van der Waals surface area contributed by atoms with Gasteiger partial charge < -0.3 is 14.4 Å². The van der Waals surface area contributed by atoms with E-state index in [0.29, 0.717) is 12.5 Å². The second-order valence-electron chi connectivity index (χ2n) is 7.03. The number of aromatic nitrogens is 2. The van der Waals surface area contributed by atoms with Crippen molar-refractivity contribution in [3.05, 3.63) is 40.5 Å². The molecule has 26 heavy (non-hydrogen) atoms. The first-order chi connectivity index (χ1) is 12.7. The van der Waals surface area contributed by atoms with Crippen molar-refractivity contribution in [2.45, 2.75) is 44.3 Å². The Bertz CT molecular complexity index is 756. The average Bonchev–Trinajstić information content (AvgIpc) is 3.09. The van der Waals surface area contributed by atoms with Crippen LogP contribution in [0.5, 0.6) is 5.88 Å². The fourth-order valence-electron chi connectivity index (χ4n) is 3.80. The molecule has 2 saturated heterocycles. The quantitative estimate of drug-likeness (QED) is 0.827. The predicted octanol–water partition coefficient (Wildman–Crippen LogP) is 3.08. The zero-order valence-electron chi connectivity index (χ0n) is 14.9. The van der Waals surface area contributed by atoms with E-state index in [1.54, 1.807) is 18.6 Å². The van der Waals surface area contributed by atoms with Crippen LogP contribution >= 0.6 is 11.3 Å². The molecule has 2 aliphatic heterocycles. The Labute approximate surface area is 157 Å². The number of ether oxygens (including phenoxy) is 2. The molecule has 2 aromatic rings. The van der Waals surface area contributed by atoms with Gasteiger partial charge in [0.15, 0.2) is 0 Å². The molecule has 1 amide bonds. The van der Waals surface area contributed by atoms with Gasteiger partial charge in [-0.25, -0.2) is 4.98 Å². The van der Waals surface area contributed by atoms with E-state index >= 15 is 0 Å². The van der Waals surface area contributed by atoms with Crippen LogP contribution in [0.3, 0.4) is 0 Å². The van der Waals surface area contributed by atoms with E-state index in [4.69, 9.17) is 9.47 Å². The molecule has 0 aliphatic carbocycles. The molecule has 2 aliphatic rings. The van der Waals surface area contributed by atoms with Crippen LogP contribution in [-0.2, 0) is 4.74 Å². The van der Waals surface area contributed by atoms with Crippen molar-refractivity contribution >= 4 is 17.2 Å². The lowest BCUT2D eigenvalue weighted by molar-refractivity contribution is -0.135. The van der Waals surface area contributed by atoms with Gasteiger partial charge in [-0.1, -0.05) is 0 Å². The van der Waals surface area contributed by atoms with Crippen molar-refractivity contribution in [2.75, 3.05) is 19.7 Å². The van der Waals surface area contributed by atoms with Crippen molar-refractivity contribution in [2.24, 2.45) is 0 Å². The molecule has 2 fully saturated rings. The summed E-state index contributed by atoms with van der Waals surface area (Å²) in [6.07, 6.45) is 8.41. The summed E-state index contributed by atoms with van der Waals surface area (Å²) in [6, 6.07) is 2.00. The number of hydrogen-bond acceptors (Lipinski definition) is 6. The zero-order valence-corrected chi connectivity index (χ0v) is 15.7. The molecular weight excluding hydrogens is 350 g/mol. The summed E-state index contributed by atoms with van der Waals surface area (Å²) in [5.74, 6) is 0.714. The summed E-state index contributed by atoms with van der Waals surface area (Å²) in [6.45, 7) is 4.14. The van der Waals surface area contributed by atoms with Crippen molar-refractivity contribution < 1.29 is 14.3 Å². The van der Waals surface area contributed by atoms with Crippen LogP contribution in [0.25, 0.3) is 0 Å². The number of hydrogen-bond donors (Lipinski definition) is 0. The van der Waals surface area contributed by atoms with E-state index < -0.39 is 0 Å². The first kappa shape index (κ1) is 17.4. The van der Waals surface area contributed by atoms with Gasteiger partial charge in [0.1, 0.15) is 6.10 Å². The number of rotatable bonds is 3. The van der Waals surface area contributed by atoms with Gasteiger partial charge in [0.05, 0.1) is 23.3 Å². The van der Waals surface area contributed by atoms with E-state index in [1.165, 1.54) is 11.3 Å². The Hall–Kier alpha value is -1.99. The summed E-state index contributed by atoms with van der Waals surface area (Å²) >= 11 is 1.52. The third-order valence-electron chi connectivity index (χ3n) is 5.29. The molecule has 1 unspecified atom stereocenters. The highest BCUT2D eigenvalue weighted by molar-refractivity contribution is 7.12. The van der Waals surface area contributed by atoms with Crippen LogP contribution in [-0.4, -0.2) is 52.2 Å². The normalized spacial score (nSPS) is 22.3. The lowest BCUT2D eigenvalue weighted by atomic mass is 9.83. The van der Waals surface area contributed by atoms with E-state index in [0.717, 1.165) is 49.2 Å². The van der Waals surface area contributed by atoms with Gasteiger partial charge in [-0.3, -0.25) is 9.78 Å². The maximum absolute atomic E-state index is 12.7. The van der Waals surface area contributed by atoms with Gasteiger partial charge in [-0.15, -0.1) is 11.3 Å². The van der Waals surface area contributed by atoms with Crippen LogP contribution < -0.4 is 4.74 Å². The molecule has 0 bridgehead atoms. The highest BCUT2D eigenvalue weighted by Crippen LogP contribution is 2.36. The Morgan fingerprint density at radius 1 is 1.38 bits per heavy atom. The largest absolute Gasteiger partial charge is 0.473 e. The summed E-state index contributed by atoms with van der Waals surface area (Å²) < 4.78 is 12.2. The summed E-state index contributed by atoms with van der Waals surface area (Å²) in [5.41, 5.74) is 0.874. The molecule has 0 aromatic carbocycles. The first-order valence-electron chi connectivity index (χ1n) is 9.05. The van der Waals surface area contributed by atoms with Gasteiger partial charge in [0.2, 0.25) is 5.88 Å². The topological polar surface area (TPSA) is 64.6 Å². The number of carbonyl (C=O) groups excluding carboxylic acids is 1. The van der Waals surface area contributed by atoms with Crippen molar-refractivity contribution in [3.63, 3.8) is 0 Å². The van der Waals surface area contributed by atoms with Crippen LogP contribution in [0.15, 0.2) is 30.0 Å². The number of piperidine rings is 1. The number of aryl methyl sites for hydroxylation is 1. The molecule has 2 aromatic heterocycles. The Kier molecular flexibility index (Phi) is 4.91. The Morgan fingerprint density at radius 2 is 2.23 bits per heavy atom. The van der Waals surface area contributed by atoms with Gasteiger partial charge in [0.25, 0.3) is 5.91 Å². The lowest BCUT2D eigenvalue weighted by Gasteiger charge is -2.45. The van der Waals surface area contributed by atoms with E-state index in [1.807, 2.05) is 23.3 Å². The number of amides is 1. The first-order valence-corrected chi connectivity index (χ1v) is 9.93. The molecule has 4 heterocycles. The molecule has 138 valence electrons. The van der Waals surface area contributed by atoms with Gasteiger partial charge >= 0.3 is 0 Å². The molecule has 0 N–H and O–H groups in total. The average molecular weight is 373 g/mol. The monoisotopic (exact) mass is 373 g/mol. The molecule has 1 spiro atoms. The maximum atomic E-state index is 12.7. The molecule has 4 rings (SSSR count). The maximum Gasteiger partial charge on any atom is 0.264 e. The number of carbonyl (C=O) groups is 1. The minimum absolute atomic E-state index is 0.0854. The third kappa shape index (κ3) is 3.59. The SMILES string of the molecule is Cc1ccsc1C(=O)N1CCC2(CC1)CC(Oc1cnccn1)CCO2. The van der Waals surface area contributed by atoms with E-state index in [9.17, 15) is 4.79 Å². The number of nitrogens with zero attached hydrogens (tertiary/aromatic N) is 3. The highest BCUT2D eigenvalue weighted by atomic mass is 32.1. The van der Waals surface area contributed by atoms with Crippen LogP contribution in [0, 0.1) is 6.92 Å². The van der Waals surface area contributed by atoms with Gasteiger partial charge in [-0.05, 0) is 36.8 Å². The Morgan fingerprint density at radius 3 is 2.92 bits per heavy atom. The van der Waals surface area contributed by atoms with Crippen LogP contribution in [0.4, 0.5) is 0 Å². The molecule has 0 saturated carbocycles. The summed E-state index contributed by atoms with van der Waals surface area (Å²) in [7, 11) is 0. The second-order valence-corrected chi connectivity index (χ2v) is 7.95. The number of likely N-dealkylation sites (tertiary alicyclic amines) is 1. The molecule has 1 atom stereocenters. The zero-order chi connectivity index (χ0) is 18.0. The number of thiophene rings is 1. The smallest absolute Gasteiger partial charge is 0.264 e. The molecular formula is C19H23N3O3S. The standard InChI is InChI=1S/C19H23N3O3S/c1-14-3-11-26-17(14)18(23)22-8-4-19(5-9-22)12-15(2-10-24-19)25-16-13-20-6-7-21-16/h3,6-7,11,13,15H,2,4-5,8-10,12H2,1H3. The molecule has 6 nitrogen and oxygen atoms in total. The van der Waals surface area contributed by atoms with Gasteiger partial charge in [0, 0.05) is 38.3 Å². The fourth-order valence-corrected chi connectivity index (χ4v) is 4.69. The second kappa shape index (κ2) is 7.32. The third-order valence-corrected chi connectivity index (χ3v) is 6.30. The molecule has 0 radical (unpaired) electrons. The minimum Gasteiger partial charge on any atom is -0.473 e. The Balaban J connectivity index is 1.37. The molecule has 7 heteroatoms. The summed E-state index contributed by atoms with van der Waals surface area (Å²) in [4.78, 5) is 23.8. The predicted molar refractivity (Wildman–Crippen MR) is 98.6 cm³/mol. The fraction of sp³-hybridized carbons (Fsp3) is 0.526. The van der Waals surface area contributed by atoms with Crippen molar-refractivity contribution in [3.8, 4) is 5.88 Å². The highest BCUT2D eigenvalue weighted by Gasteiger charge is 2.42. The van der Waals surface area contributed by atoms with Gasteiger partial charge in [-0.2, -0.15) is 0 Å². The van der Waals surface area contributed by atoms with E-state index in [2.05, 4.69) is 9.97 Å². The lowest BCUT2D eigenvalue weighted by Crippen LogP contribution is -2.52. The minimum atomic E-state index is -0.188.